The highest BCUT2D eigenvalue weighted by molar-refractivity contribution is 6.44. The first-order chi connectivity index (χ1) is 14.9. The van der Waals surface area contributed by atoms with E-state index in [1.165, 1.54) is 0 Å². The van der Waals surface area contributed by atoms with Gasteiger partial charge in [0.25, 0.3) is 5.91 Å². The van der Waals surface area contributed by atoms with Crippen molar-refractivity contribution in [2.75, 3.05) is 17.7 Å². The van der Waals surface area contributed by atoms with Crippen molar-refractivity contribution < 1.29 is 14.3 Å². The molecule has 1 aliphatic rings. The number of nitrogens with zero attached hydrogens (tertiary/aromatic N) is 2. The van der Waals surface area contributed by atoms with Gasteiger partial charge in [0.05, 0.1) is 34.5 Å². The molecule has 7 nitrogen and oxygen atoms in total. The van der Waals surface area contributed by atoms with Crippen molar-refractivity contribution >= 4 is 46.5 Å². The van der Waals surface area contributed by atoms with Crippen LogP contribution in [0.2, 0.25) is 10.0 Å². The average molecular weight is 459 g/mol. The summed E-state index contributed by atoms with van der Waals surface area (Å²) < 4.78 is 6.86. The van der Waals surface area contributed by atoms with Crippen molar-refractivity contribution in [2.24, 2.45) is 0 Å². The zero-order chi connectivity index (χ0) is 22.1. The Morgan fingerprint density at radius 2 is 1.97 bits per heavy atom. The zero-order valence-electron chi connectivity index (χ0n) is 16.9. The van der Waals surface area contributed by atoms with Gasteiger partial charge < -0.3 is 15.4 Å². The Balaban J connectivity index is 1.63. The number of hydrogen-bond acceptors (Lipinski definition) is 4. The second-order valence-electron chi connectivity index (χ2n) is 7.27. The molecule has 0 saturated carbocycles. The van der Waals surface area contributed by atoms with Crippen LogP contribution in [0.4, 0.5) is 11.5 Å². The zero-order valence-corrected chi connectivity index (χ0v) is 18.4. The molecule has 3 aromatic rings. The van der Waals surface area contributed by atoms with Crippen LogP contribution in [0.5, 0.6) is 0 Å². The van der Waals surface area contributed by atoms with Crippen LogP contribution in [0.1, 0.15) is 23.7 Å². The first-order valence-corrected chi connectivity index (χ1v) is 10.4. The van der Waals surface area contributed by atoms with Gasteiger partial charge in [0.1, 0.15) is 11.9 Å². The average Bonchev–Trinajstić information content (AvgIpc) is 3.22. The minimum absolute atomic E-state index is 0.108. The molecular weight excluding hydrogens is 439 g/mol. The molecule has 0 radical (unpaired) electrons. The van der Waals surface area contributed by atoms with Crippen LogP contribution in [0.3, 0.4) is 0 Å². The van der Waals surface area contributed by atoms with Gasteiger partial charge in [0.2, 0.25) is 5.91 Å². The van der Waals surface area contributed by atoms with Gasteiger partial charge in [-0.05, 0) is 24.6 Å². The normalized spacial score (nSPS) is 15.0. The maximum Gasteiger partial charge on any atom is 0.251 e. The van der Waals surface area contributed by atoms with Crippen LogP contribution >= 0.6 is 23.2 Å². The Kier molecular flexibility index (Phi) is 6.00. The predicted molar refractivity (Wildman–Crippen MR) is 120 cm³/mol. The second kappa shape index (κ2) is 8.70. The molecule has 9 heteroatoms. The van der Waals surface area contributed by atoms with Gasteiger partial charge in [-0.1, -0.05) is 59.1 Å². The summed E-state index contributed by atoms with van der Waals surface area (Å²) in [6, 6.07) is 12.1. The molecular formula is C22H20Cl2N4O3. The van der Waals surface area contributed by atoms with Crippen molar-refractivity contribution in [3.8, 4) is 11.1 Å². The molecule has 0 bridgehead atoms. The lowest BCUT2D eigenvalue weighted by molar-refractivity contribution is -0.123. The first kappa shape index (κ1) is 21.4. The number of amides is 2. The molecule has 2 N–H and O–H groups in total. The summed E-state index contributed by atoms with van der Waals surface area (Å²) >= 11 is 12.1. The summed E-state index contributed by atoms with van der Waals surface area (Å²) in [5, 5.41) is 10.8. The lowest BCUT2D eigenvalue weighted by atomic mass is 10.0. The third kappa shape index (κ3) is 4.17. The number of aryl methyl sites for hydroxylation is 1. The number of carbonyl (C=O) groups excluding carboxylic acids is 2. The molecule has 4 rings (SSSR count). The molecule has 0 saturated heterocycles. The van der Waals surface area contributed by atoms with Crippen LogP contribution in [-0.2, 0) is 20.9 Å². The summed E-state index contributed by atoms with van der Waals surface area (Å²) in [6.45, 7) is 2.28. The summed E-state index contributed by atoms with van der Waals surface area (Å²) in [6.07, 6.45) is -0.108. The fourth-order valence-electron chi connectivity index (χ4n) is 3.56. The van der Waals surface area contributed by atoms with E-state index in [1.807, 2.05) is 31.2 Å². The van der Waals surface area contributed by atoms with E-state index in [-0.39, 0.29) is 29.9 Å². The van der Waals surface area contributed by atoms with Crippen molar-refractivity contribution in [3.05, 3.63) is 63.8 Å². The van der Waals surface area contributed by atoms with E-state index in [9.17, 15) is 9.59 Å². The summed E-state index contributed by atoms with van der Waals surface area (Å²) in [5.41, 5.74) is 3.90. The van der Waals surface area contributed by atoms with Crippen LogP contribution in [-0.4, -0.2) is 28.7 Å². The topological polar surface area (TPSA) is 85.2 Å². The number of benzene rings is 2. The lowest BCUT2D eigenvalue weighted by Gasteiger charge is -2.11. The highest BCUT2D eigenvalue weighted by Gasteiger charge is 2.37. The van der Waals surface area contributed by atoms with Crippen molar-refractivity contribution in [3.63, 3.8) is 0 Å². The number of rotatable bonds is 6. The van der Waals surface area contributed by atoms with Gasteiger partial charge in [-0.2, -0.15) is 5.10 Å². The monoisotopic (exact) mass is 458 g/mol. The van der Waals surface area contributed by atoms with Crippen LogP contribution in [0, 0.1) is 6.92 Å². The molecule has 1 unspecified atom stereocenters. The van der Waals surface area contributed by atoms with Crippen LogP contribution < -0.4 is 10.6 Å². The number of halogens is 2. The van der Waals surface area contributed by atoms with Gasteiger partial charge in [-0.15, -0.1) is 0 Å². The molecule has 0 fully saturated rings. The molecule has 31 heavy (non-hydrogen) atoms. The molecule has 160 valence electrons. The van der Waals surface area contributed by atoms with E-state index < -0.39 is 6.04 Å². The Hall–Kier alpha value is -2.87. The largest absolute Gasteiger partial charge is 0.378 e. The fraction of sp³-hybridized carbons (Fsp3) is 0.227. The van der Waals surface area contributed by atoms with Gasteiger partial charge in [0, 0.05) is 12.7 Å². The van der Waals surface area contributed by atoms with E-state index >= 15 is 0 Å². The predicted octanol–water partition coefficient (Wildman–Crippen LogP) is 4.83. The molecule has 2 heterocycles. The maximum absolute atomic E-state index is 12.7. The van der Waals surface area contributed by atoms with E-state index in [1.54, 1.807) is 30.0 Å². The number of ether oxygens (including phenoxy) is 1. The minimum atomic E-state index is -0.789. The number of carbonyl (C=O) groups is 2. The standard InChI is InChI=1S/C22H20Cl2N4O3/c1-12-6-8-13(9-7-12)19-16(11-31-2)27-28-17(22(30)26-21(19)28)10-18(29)25-15-5-3-4-14(23)20(15)24/h3-9,17H,10-11H2,1-2H3,(H,25,29)(H,26,30). The number of aromatic nitrogens is 2. The third-order valence-corrected chi connectivity index (χ3v) is 5.87. The lowest BCUT2D eigenvalue weighted by Crippen LogP contribution is -2.24. The summed E-state index contributed by atoms with van der Waals surface area (Å²) in [5.74, 6) is -0.121. The highest BCUT2D eigenvalue weighted by atomic mass is 35.5. The molecule has 1 aliphatic heterocycles. The second-order valence-corrected chi connectivity index (χ2v) is 8.06. The van der Waals surface area contributed by atoms with Gasteiger partial charge in [-0.25, -0.2) is 4.68 Å². The maximum atomic E-state index is 12.7. The van der Waals surface area contributed by atoms with Gasteiger partial charge >= 0.3 is 0 Å². The van der Waals surface area contributed by atoms with Gasteiger partial charge in [-0.3, -0.25) is 9.59 Å². The molecule has 1 aromatic heterocycles. The van der Waals surface area contributed by atoms with E-state index in [0.29, 0.717) is 22.2 Å². The Morgan fingerprint density at radius 1 is 1.23 bits per heavy atom. The fourth-order valence-corrected chi connectivity index (χ4v) is 3.90. The molecule has 0 spiro atoms. The minimum Gasteiger partial charge on any atom is -0.378 e. The van der Waals surface area contributed by atoms with Crippen molar-refractivity contribution in [2.45, 2.75) is 26.0 Å². The highest BCUT2D eigenvalue weighted by Crippen LogP contribution is 2.39. The molecule has 0 aliphatic carbocycles. The number of methoxy groups -OCH3 is 1. The van der Waals surface area contributed by atoms with Crippen molar-refractivity contribution in [1.29, 1.82) is 0 Å². The van der Waals surface area contributed by atoms with Crippen LogP contribution in [0.15, 0.2) is 42.5 Å². The smallest absolute Gasteiger partial charge is 0.251 e. The van der Waals surface area contributed by atoms with Gasteiger partial charge in [0.15, 0.2) is 0 Å². The van der Waals surface area contributed by atoms with E-state index in [2.05, 4.69) is 15.7 Å². The van der Waals surface area contributed by atoms with Crippen LogP contribution in [0.25, 0.3) is 11.1 Å². The number of hydrogen-bond donors (Lipinski definition) is 2. The quantitative estimate of drug-likeness (QED) is 0.553. The number of nitrogens with one attached hydrogen (secondary N) is 2. The van der Waals surface area contributed by atoms with E-state index in [4.69, 9.17) is 27.9 Å². The molecule has 2 aromatic carbocycles. The number of anilines is 2. The molecule has 1 atom stereocenters. The van der Waals surface area contributed by atoms with E-state index in [0.717, 1.165) is 16.7 Å². The van der Waals surface area contributed by atoms with Crippen molar-refractivity contribution in [1.82, 2.24) is 9.78 Å². The Bertz CT molecular complexity index is 1160. The molecule has 2 amide bonds. The Labute approximate surface area is 189 Å². The third-order valence-electron chi connectivity index (χ3n) is 5.05. The number of fused-ring (bicyclic) bond motifs is 1. The SMILES string of the molecule is COCc1nn2c(c1-c1ccc(C)cc1)NC(=O)C2CC(=O)Nc1cccc(Cl)c1Cl. The summed E-state index contributed by atoms with van der Waals surface area (Å²) in [7, 11) is 1.58. The summed E-state index contributed by atoms with van der Waals surface area (Å²) in [4.78, 5) is 25.3. The Morgan fingerprint density at radius 3 is 2.68 bits per heavy atom. The first-order valence-electron chi connectivity index (χ1n) is 9.61.